The minimum absolute atomic E-state index is 0. The van der Waals surface area contributed by atoms with Gasteiger partial charge < -0.3 is 32.9 Å². The minimum Gasteiger partial charge on any atom is -1.00 e. The average Bonchev–Trinajstić information content (AvgIpc) is 2.74. The van der Waals surface area contributed by atoms with Crippen molar-refractivity contribution in [3.8, 4) is 0 Å². The van der Waals surface area contributed by atoms with Crippen LogP contribution in [0.3, 0.4) is 0 Å². The molecule has 19 heavy (non-hydrogen) atoms. The molecule has 0 bridgehead atoms. The highest BCUT2D eigenvalue weighted by molar-refractivity contribution is 5.13. The molecule has 0 unspecified atom stereocenters. The van der Waals surface area contributed by atoms with Gasteiger partial charge in [-0.3, -0.25) is 0 Å². The highest BCUT2D eigenvalue weighted by Crippen LogP contribution is 2.12. The zero-order valence-electron chi connectivity index (χ0n) is 11.9. The van der Waals surface area contributed by atoms with Crippen molar-refractivity contribution in [2.45, 2.75) is 19.9 Å². The molecule has 0 aliphatic rings. The summed E-state index contributed by atoms with van der Waals surface area (Å²) in [7, 11) is 4.53. The maximum Gasteiger partial charge on any atom is 0.109 e. The highest BCUT2D eigenvalue weighted by atomic mass is 127. The Balaban J connectivity index is 0.00000180. The lowest BCUT2D eigenvalue weighted by molar-refractivity contribution is -0.903. The molecule has 0 spiro atoms. The van der Waals surface area contributed by atoms with Crippen molar-refractivity contribution in [1.29, 1.82) is 0 Å². The van der Waals surface area contributed by atoms with Gasteiger partial charge in [-0.25, -0.2) is 0 Å². The zero-order valence-corrected chi connectivity index (χ0v) is 14.1. The average molecular weight is 371 g/mol. The molecule has 2 nitrogen and oxygen atoms in total. The van der Waals surface area contributed by atoms with Crippen LogP contribution < -0.4 is 24.0 Å². The standard InChI is InChI=1S/C16H22NO.HI/c1-14-9-10-16(18-14)11-12-17(2,3)13-15-7-5-4-6-8-15;/h4-10H,11-13H2,1-3H3;1H/q+1;/p-1. The number of hydrogen-bond acceptors (Lipinski definition) is 1. The number of aryl methyl sites for hydroxylation is 1. The number of rotatable bonds is 5. The fraction of sp³-hybridized carbons (Fsp3) is 0.375. The molecule has 104 valence electrons. The van der Waals surface area contributed by atoms with Crippen molar-refractivity contribution in [3.05, 3.63) is 59.5 Å². The van der Waals surface area contributed by atoms with Crippen LogP contribution in [0, 0.1) is 6.92 Å². The molecule has 0 fully saturated rings. The van der Waals surface area contributed by atoms with Crippen LogP contribution in [0.1, 0.15) is 17.1 Å². The molecular formula is C16H22INO. The van der Waals surface area contributed by atoms with Crippen molar-refractivity contribution < 1.29 is 32.9 Å². The Morgan fingerprint density at radius 3 is 2.26 bits per heavy atom. The van der Waals surface area contributed by atoms with Gasteiger partial charge in [0, 0.05) is 5.56 Å². The zero-order chi connectivity index (χ0) is 13.0. The summed E-state index contributed by atoms with van der Waals surface area (Å²) >= 11 is 0. The third-order valence-electron chi connectivity index (χ3n) is 3.21. The summed E-state index contributed by atoms with van der Waals surface area (Å²) in [5, 5.41) is 0. The lowest BCUT2D eigenvalue weighted by Crippen LogP contribution is -3.00. The van der Waals surface area contributed by atoms with Crippen molar-refractivity contribution in [2.75, 3.05) is 20.6 Å². The molecule has 2 rings (SSSR count). The summed E-state index contributed by atoms with van der Waals surface area (Å²) < 4.78 is 6.60. The summed E-state index contributed by atoms with van der Waals surface area (Å²) in [6.07, 6.45) is 0.994. The molecule has 1 aromatic carbocycles. The van der Waals surface area contributed by atoms with Crippen molar-refractivity contribution in [1.82, 2.24) is 0 Å². The van der Waals surface area contributed by atoms with Gasteiger partial charge >= 0.3 is 0 Å². The second-order valence-corrected chi connectivity index (χ2v) is 5.57. The van der Waals surface area contributed by atoms with E-state index in [1.165, 1.54) is 5.56 Å². The van der Waals surface area contributed by atoms with E-state index in [1.807, 2.05) is 13.0 Å². The topological polar surface area (TPSA) is 13.1 Å². The van der Waals surface area contributed by atoms with E-state index in [2.05, 4.69) is 50.5 Å². The molecule has 0 aliphatic heterocycles. The molecule has 0 saturated heterocycles. The molecule has 2 aromatic rings. The SMILES string of the molecule is Cc1ccc(CC[N+](C)(C)Cc2ccccc2)o1.[I-]. The van der Waals surface area contributed by atoms with E-state index >= 15 is 0 Å². The Morgan fingerprint density at radius 1 is 1.00 bits per heavy atom. The Labute approximate surface area is 133 Å². The number of quaternary nitrogens is 1. The van der Waals surface area contributed by atoms with E-state index in [4.69, 9.17) is 4.42 Å². The molecule has 1 aromatic heterocycles. The van der Waals surface area contributed by atoms with Crippen LogP contribution >= 0.6 is 0 Å². The fourth-order valence-corrected chi connectivity index (χ4v) is 2.19. The quantitative estimate of drug-likeness (QED) is 0.548. The predicted molar refractivity (Wildman–Crippen MR) is 74.3 cm³/mol. The first kappa shape index (κ1) is 16.2. The van der Waals surface area contributed by atoms with Gasteiger partial charge in [-0.1, -0.05) is 30.3 Å². The van der Waals surface area contributed by atoms with E-state index < -0.39 is 0 Å². The van der Waals surface area contributed by atoms with Gasteiger partial charge in [-0.2, -0.15) is 0 Å². The van der Waals surface area contributed by atoms with Crippen molar-refractivity contribution in [2.24, 2.45) is 0 Å². The monoisotopic (exact) mass is 371 g/mol. The van der Waals surface area contributed by atoms with Gasteiger partial charge in [-0.15, -0.1) is 0 Å². The summed E-state index contributed by atoms with van der Waals surface area (Å²) in [6.45, 7) is 4.13. The second kappa shape index (κ2) is 7.10. The molecule has 0 atom stereocenters. The summed E-state index contributed by atoms with van der Waals surface area (Å²) in [4.78, 5) is 0. The number of nitrogens with zero attached hydrogens (tertiary/aromatic N) is 1. The summed E-state index contributed by atoms with van der Waals surface area (Å²) in [5.74, 6) is 2.09. The van der Waals surface area contributed by atoms with Gasteiger partial charge in [0.05, 0.1) is 27.1 Å². The van der Waals surface area contributed by atoms with Crippen LogP contribution in [0.4, 0.5) is 0 Å². The maximum absolute atomic E-state index is 5.62. The number of benzene rings is 1. The van der Waals surface area contributed by atoms with Crippen LogP contribution in [-0.2, 0) is 13.0 Å². The third kappa shape index (κ3) is 5.37. The summed E-state index contributed by atoms with van der Waals surface area (Å²) in [6, 6.07) is 14.8. The van der Waals surface area contributed by atoms with Gasteiger partial charge in [0.15, 0.2) is 0 Å². The Morgan fingerprint density at radius 2 is 1.68 bits per heavy atom. The van der Waals surface area contributed by atoms with E-state index in [9.17, 15) is 0 Å². The van der Waals surface area contributed by atoms with Crippen molar-refractivity contribution in [3.63, 3.8) is 0 Å². The van der Waals surface area contributed by atoms with Crippen LogP contribution in [-0.4, -0.2) is 25.1 Å². The van der Waals surface area contributed by atoms with Gasteiger partial charge in [0.2, 0.25) is 0 Å². The maximum atomic E-state index is 5.62. The van der Waals surface area contributed by atoms with Crippen LogP contribution in [0.25, 0.3) is 0 Å². The lowest BCUT2D eigenvalue weighted by atomic mass is 10.2. The van der Waals surface area contributed by atoms with E-state index in [-0.39, 0.29) is 24.0 Å². The Hall–Kier alpha value is -0.810. The molecule has 3 heteroatoms. The highest BCUT2D eigenvalue weighted by Gasteiger charge is 2.16. The Kier molecular flexibility index (Phi) is 6.07. The predicted octanol–water partition coefficient (Wildman–Crippen LogP) is 0.411. The van der Waals surface area contributed by atoms with Crippen LogP contribution in [0.2, 0.25) is 0 Å². The van der Waals surface area contributed by atoms with E-state index in [0.717, 1.165) is 35.5 Å². The smallest absolute Gasteiger partial charge is 0.109 e. The largest absolute Gasteiger partial charge is 1.00 e. The molecule has 1 heterocycles. The number of hydrogen-bond donors (Lipinski definition) is 0. The third-order valence-corrected chi connectivity index (χ3v) is 3.21. The molecular weight excluding hydrogens is 349 g/mol. The minimum atomic E-state index is 0. The first-order valence-corrected chi connectivity index (χ1v) is 6.46. The second-order valence-electron chi connectivity index (χ2n) is 5.57. The summed E-state index contributed by atoms with van der Waals surface area (Å²) in [5.41, 5.74) is 1.39. The van der Waals surface area contributed by atoms with Crippen LogP contribution in [0.15, 0.2) is 46.9 Å². The molecule has 0 aliphatic carbocycles. The lowest BCUT2D eigenvalue weighted by Gasteiger charge is -2.29. The van der Waals surface area contributed by atoms with Gasteiger partial charge in [0.1, 0.15) is 18.1 Å². The first-order valence-electron chi connectivity index (χ1n) is 6.46. The number of furan rings is 1. The number of halogens is 1. The normalized spacial score (nSPS) is 11.1. The van der Waals surface area contributed by atoms with Gasteiger partial charge in [0.25, 0.3) is 0 Å². The number of likely N-dealkylation sites (N-methyl/N-ethyl adjacent to an activating group) is 1. The molecule has 0 radical (unpaired) electrons. The van der Waals surface area contributed by atoms with Crippen molar-refractivity contribution >= 4 is 0 Å². The molecule has 0 amide bonds. The first-order chi connectivity index (χ1) is 8.55. The fourth-order valence-electron chi connectivity index (χ4n) is 2.19. The Bertz CT molecular complexity index is 490. The van der Waals surface area contributed by atoms with E-state index in [1.54, 1.807) is 0 Å². The van der Waals surface area contributed by atoms with E-state index in [0.29, 0.717) is 0 Å². The van der Waals surface area contributed by atoms with Crippen LogP contribution in [0.5, 0.6) is 0 Å². The molecule has 0 saturated carbocycles. The molecule has 0 N–H and O–H groups in total. The van der Waals surface area contributed by atoms with Gasteiger partial charge in [-0.05, 0) is 19.1 Å².